The Morgan fingerprint density at radius 2 is 2.10 bits per heavy atom. The van der Waals surface area contributed by atoms with E-state index in [-0.39, 0.29) is 0 Å². The van der Waals surface area contributed by atoms with E-state index in [0.717, 1.165) is 18.9 Å². The van der Waals surface area contributed by atoms with E-state index in [1.165, 1.54) is 24.0 Å². The molecule has 1 heterocycles. The molecule has 0 fully saturated rings. The van der Waals surface area contributed by atoms with Crippen LogP contribution in [0.5, 0.6) is 0 Å². The van der Waals surface area contributed by atoms with E-state index >= 15 is 0 Å². The Morgan fingerprint density at radius 1 is 1.30 bits per heavy atom. The maximum atomic E-state index is 4.47. The normalized spacial score (nSPS) is 18.1. The van der Waals surface area contributed by atoms with Crippen molar-refractivity contribution in [3.05, 3.63) is 47.8 Å². The van der Waals surface area contributed by atoms with Crippen molar-refractivity contribution in [2.75, 3.05) is 11.9 Å². The summed E-state index contributed by atoms with van der Waals surface area (Å²) in [5.41, 5.74) is 3.01. The van der Waals surface area contributed by atoms with Crippen LogP contribution in [0.2, 0.25) is 0 Å². The topological polar surface area (TPSA) is 29.9 Å². The van der Waals surface area contributed by atoms with Crippen LogP contribution in [0.1, 0.15) is 37.4 Å². The first-order valence-corrected chi connectivity index (χ1v) is 7.57. The average Bonchev–Trinajstić information content (AvgIpc) is 2.93. The van der Waals surface area contributed by atoms with Gasteiger partial charge in [0.15, 0.2) is 0 Å². The summed E-state index contributed by atoms with van der Waals surface area (Å²) in [6, 6.07) is 9.35. The molecule has 3 rings (SSSR count). The molecule has 1 aromatic carbocycles. The molecule has 1 aliphatic carbocycles. The minimum atomic E-state index is 0.530. The monoisotopic (exact) mass is 269 g/mol. The van der Waals surface area contributed by atoms with Gasteiger partial charge >= 0.3 is 0 Å². The largest absolute Gasteiger partial charge is 0.355 e. The lowest BCUT2D eigenvalue weighted by atomic mass is 9.88. The van der Waals surface area contributed by atoms with Crippen LogP contribution in [0, 0.1) is 5.92 Å². The SMILES string of the molecule is CC(C)CNc1nccn1C1CCc2ccccc2C1. The first-order valence-electron chi connectivity index (χ1n) is 7.57. The lowest BCUT2D eigenvalue weighted by Gasteiger charge is -2.27. The zero-order valence-electron chi connectivity index (χ0n) is 12.3. The zero-order chi connectivity index (χ0) is 13.9. The molecular weight excluding hydrogens is 246 g/mol. The van der Waals surface area contributed by atoms with Gasteiger partial charge in [-0.05, 0) is 36.3 Å². The van der Waals surface area contributed by atoms with Gasteiger partial charge in [0.25, 0.3) is 0 Å². The summed E-state index contributed by atoms with van der Waals surface area (Å²) in [6.07, 6.45) is 7.50. The van der Waals surface area contributed by atoms with Crippen molar-refractivity contribution in [3.63, 3.8) is 0 Å². The third-order valence-electron chi connectivity index (χ3n) is 4.05. The number of rotatable bonds is 4. The van der Waals surface area contributed by atoms with Gasteiger partial charge in [0, 0.05) is 25.0 Å². The fourth-order valence-electron chi connectivity index (χ4n) is 2.96. The highest BCUT2D eigenvalue weighted by molar-refractivity contribution is 5.32. The summed E-state index contributed by atoms with van der Waals surface area (Å²) in [7, 11) is 0. The van der Waals surface area contributed by atoms with Gasteiger partial charge in [-0.2, -0.15) is 0 Å². The molecular formula is C17H23N3. The number of hydrogen-bond acceptors (Lipinski definition) is 2. The predicted octanol–water partition coefficient (Wildman–Crippen LogP) is 3.68. The summed E-state index contributed by atoms with van der Waals surface area (Å²) in [5.74, 6) is 1.65. The van der Waals surface area contributed by atoms with Crippen LogP contribution < -0.4 is 5.32 Å². The van der Waals surface area contributed by atoms with E-state index in [1.54, 1.807) is 0 Å². The van der Waals surface area contributed by atoms with E-state index < -0.39 is 0 Å². The first kappa shape index (κ1) is 13.2. The second-order valence-electron chi connectivity index (χ2n) is 6.10. The van der Waals surface area contributed by atoms with Crippen molar-refractivity contribution < 1.29 is 0 Å². The Kier molecular flexibility index (Phi) is 3.77. The number of fused-ring (bicyclic) bond motifs is 1. The number of hydrogen-bond donors (Lipinski definition) is 1. The molecule has 0 saturated carbocycles. The van der Waals surface area contributed by atoms with Gasteiger partial charge in [-0.15, -0.1) is 0 Å². The lowest BCUT2D eigenvalue weighted by molar-refractivity contribution is 0.445. The smallest absolute Gasteiger partial charge is 0.203 e. The molecule has 1 unspecified atom stereocenters. The quantitative estimate of drug-likeness (QED) is 0.917. The van der Waals surface area contributed by atoms with E-state index in [1.807, 2.05) is 6.20 Å². The van der Waals surface area contributed by atoms with Crippen molar-refractivity contribution in [1.29, 1.82) is 0 Å². The number of imidazole rings is 1. The lowest BCUT2D eigenvalue weighted by Crippen LogP contribution is -2.21. The van der Waals surface area contributed by atoms with Crippen molar-refractivity contribution in [2.45, 2.75) is 39.2 Å². The highest BCUT2D eigenvalue weighted by atomic mass is 15.2. The molecule has 3 heteroatoms. The maximum Gasteiger partial charge on any atom is 0.203 e. The highest BCUT2D eigenvalue weighted by Crippen LogP contribution is 2.30. The highest BCUT2D eigenvalue weighted by Gasteiger charge is 2.21. The summed E-state index contributed by atoms with van der Waals surface area (Å²) < 4.78 is 2.32. The van der Waals surface area contributed by atoms with E-state index in [0.29, 0.717) is 12.0 Å². The molecule has 106 valence electrons. The van der Waals surface area contributed by atoms with Crippen LogP contribution in [0.4, 0.5) is 5.95 Å². The fourth-order valence-corrected chi connectivity index (χ4v) is 2.96. The number of nitrogens with zero attached hydrogens (tertiary/aromatic N) is 2. The predicted molar refractivity (Wildman–Crippen MR) is 83.1 cm³/mol. The van der Waals surface area contributed by atoms with Crippen molar-refractivity contribution in [3.8, 4) is 0 Å². The molecule has 1 aromatic heterocycles. The van der Waals surface area contributed by atoms with Crippen molar-refractivity contribution in [1.82, 2.24) is 9.55 Å². The molecule has 0 saturated heterocycles. The van der Waals surface area contributed by atoms with Crippen LogP contribution in [0.25, 0.3) is 0 Å². The Morgan fingerprint density at radius 3 is 2.90 bits per heavy atom. The third-order valence-corrected chi connectivity index (χ3v) is 4.05. The Bertz CT molecular complexity index is 571. The minimum Gasteiger partial charge on any atom is -0.355 e. The van der Waals surface area contributed by atoms with Crippen LogP contribution in [-0.4, -0.2) is 16.1 Å². The molecule has 0 aliphatic heterocycles. The van der Waals surface area contributed by atoms with Crippen LogP contribution in [0.15, 0.2) is 36.7 Å². The van der Waals surface area contributed by atoms with Crippen LogP contribution >= 0.6 is 0 Å². The standard InChI is InChI=1S/C17H23N3/c1-13(2)12-19-17-18-9-10-20(17)16-8-7-14-5-3-4-6-15(14)11-16/h3-6,9-10,13,16H,7-8,11-12H2,1-2H3,(H,18,19). The number of aryl methyl sites for hydroxylation is 1. The molecule has 2 aromatic rings. The molecule has 1 atom stereocenters. The molecule has 0 radical (unpaired) electrons. The van der Waals surface area contributed by atoms with Gasteiger partial charge < -0.3 is 9.88 Å². The van der Waals surface area contributed by atoms with Crippen LogP contribution in [-0.2, 0) is 12.8 Å². The molecule has 3 nitrogen and oxygen atoms in total. The summed E-state index contributed by atoms with van der Waals surface area (Å²) in [5, 5.41) is 3.47. The molecule has 1 aliphatic rings. The second kappa shape index (κ2) is 5.70. The minimum absolute atomic E-state index is 0.530. The summed E-state index contributed by atoms with van der Waals surface area (Å²) >= 11 is 0. The van der Waals surface area contributed by atoms with Gasteiger partial charge in [-0.3, -0.25) is 0 Å². The second-order valence-corrected chi connectivity index (χ2v) is 6.10. The van der Waals surface area contributed by atoms with E-state index in [4.69, 9.17) is 0 Å². The van der Waals surface area contributed by atoms with E-state index in [9.17, 15) is 0 Å². The number of benzene rings is 1. The molecule has 0 amide bonds. The van der Waals surface area contributed by atoms with Gasteiger partial charge in [0.2, 0.25) is 5.95 Å². The molecule has 1 N–H and O–H groups in total. The summed E-state index contributed by atoms with van der Waals surface area (Å²) in [6.45, 7) is 5.41. The molecule has 20 heavy (non-hydrogen) atoms. The Hall–Kier alpha value is -1.77. The Labute approximate surface area is 121 Å². The number of nitrogens with one attached hydrogen (secondary N) is 1. The Balaban J connectivity index is 1.76. The first-order chi connectivity index (χ1) is 9.74. The number of anilines is 1. The van der Waals surface area contributed by atoms with Crippen LogP contribution in [0.3, 0.4) is 0 Å². The summed E-state index contributed by atoms with van der Waals surface area (Å²) in [4.78, 5) is 4.47. The third kappa shape index (κ3) is 2.72. The van der Waals surface area contributed by atoms with Gasteiger partial charge in [-0.25, -0.2) is 4.98 Å². The van der Waals surface area contributed by atoms with Gasteiger partial charge in [-0.1, -0.05) is 38.1 Å². The van der Waals surface area contributed by atoms with Crippen molar-refractivity contribution >= 4 is 5.95 Å². The van der Waals surface area contributed by atoms with Gasteiger partial charge in [0.05, 0.1) is 0 Å². The van der Waals surface area contributed by atoms with Gasteiger partial charge in [0.1, 0.15) is 0 Å². The molecule has 0 bridgehead atoms. The van der Waals surface area contributed by atoms with E-state index in [2.05, 4.69) is 59.2 Å². The average molecular weight is 269 g/mol. The molecule has 0 spiro atoms. The maximum absolute atomic E-state index is 4.47. The zero-order valence-corrected chi connectivity index (χ0v) is 12.3. The van der Waals surface area contributed by atoms with Crippen molar-refractivity contribution in [2.24, 2.45) is 5.92 Å². The fraction of sp³-hybridized carbons (Fsp3) is 0.471. The number of aromatic nitrogens is 2.